The Labute approximate surface area is 121 Å². The number of aliphatic imine (C=N–C) groups is 1. The van der Waals surface area contributed by atoms with E-state index < -0.39 is 5.97 Å². The molecule has 0 aromatic carbocycles. The van der Waals surface area contributed by atoms with Gasteiger partial charge in [-0.3, -0.25) is 14.7 Å². The predicted molar refractivity (Wildman–Crippen MR) is 81.4 cm³/mol. The molecule has 2 N–H and O–H groups in total. The Hall–Kier alpha value is -1.56. The normalized spacial score (nSPS) is 13.8. The molecule has 0 unspecified atom stereocenters. The molecule has 1 heterocycles. The van der Waals surface area contributed by atoms with E-state index in [1.54, 1.807) is 12.4 Å². The van der Waals surface area contributed by atoms with Crippen molar-refractivity contribution in [3.05, 3.63) is 12.3 Å². The largest absolute Gasteiger partial charge is 0.516 e. The molecule has 0 saturated carbocycles. The number of carbonyl (C=O) groups is 1. The smallest absolute Gasteiger partial charge is 0.317 e. The van der Waals surface area contributed by atoms with Crippen LogP contribution in [0.1, 0.15) is 26.2 Å². The first-order valence-electron chi connectivity index (χ1n) is 7.03. The van der Waals surface area contributed by atoms with E-state index in [0.717, 1.165) is 38.9 Å². The zero-order chi connectivity index (χ0) is 15.2. The SMILES string of the molecule is CCCCCN(C)CC(=O)O.OC=CCN1C=NCC1. The highest BCUT2D eigenvalue weighted by Gasteiger charge is 2.02. The van der Waals surface area contributed by atoms with Gasteiger partial charge in [0.1, 0.15) is 0 Å². The summed E-state index contributed by atoms with van der Waals surface area (Å²) in [5, 5.41) is 16.7. The highest BCUT2D eigenvalue weighted by atomic mass is 16.4. The molecule has 0 aliphatic carbocycles. The molecule has 116 valence electrons. The Morgan fingerprint density at radius 2 is 2.25 bits per heavy atom. The molecular weight excluding hydrogens is 258 g/mol. The van der Waals surface area contributed by atoms with Crippen LogP contribution in [0.2, 0.25) is 0 Å². The number of carboxylic acid groups (broad SMARTS) is 1. The maximum atomic E-state index is 10.2. The van der Waals surface area contributed by atoms with Crippen molar-refractivity contribution in [2.45, 2.75) is 26.2 Å². The number of aliphatic hydroxyl groups is 1. The molecule has 0 aromatic rings. The number of carboxylic acids is 1. The minimum absolute atomic E-state index is 0.156. The molecule has 0 amide bonds. The molecule has 1 aliphatic rings. The summed E-state index contributed by atoms with van der Waals surface area (Å²) in [5.74, 6) is -0.746. The van der Waals surface area contributed by atoms with Gasteiger partial charge in [0.2, 0.25) is 0 Å². The lowest BCUT2D eigenvalue weighted by molar-refractivity contribution is -0.137. The summed E-state index contributed by atoms with van der Waals surface area (Å²) in [7, 11) is 1.84. The van der Waals surface area contributed by atoms with E-state index in [1.165, 1.54) is 12.8 Å². The Morgan fingerprint density at radius 1 is 1.50 bits per heavy atom. The summed E-state index contributed by atoms with van der Waals surface area (Å²) in [4.78, 5) is 18.1. The van der Waals surface area contributed by atoms with Crippen LogP contribution in [0, 0.1) is 0 Å². The van der Waals surface area contributed by atoms with Crippen molar-refractivity contribution in [3.8, 4) is 0 Å². The number of hydrogen-bond acceptors (Lipinski definition) is 5. The molecule has 0 aromatic heterocycles. The van der Waals surface area contributed by atoms with Crippen LogP contribution in [0.3, 0.4) is 0 Å². The van der Waals surface area contributed by atoms with Crippen molar-refractivity contribution in [2.24, 2.45) is 4.99 Å². The van der Waals surface area contributed by atoms with Gasteiger partial charge < -0.3 is 15.1 Å². The number of unbranched alkanes of at least 4 members (excludes halogenated alkanes) is 2. The molecule has 20 heavy (non-hydrogen) atoms. The van der Waals surface area contributed by atoms with Crippen LogP contribution in [0.5, 0.6) is 0 Å². The summed E-state index contributed by atoms with van der Waals surface area (Å²) in [6.07, 6.45) is 8.02. The number of hydrogen-bond donors (Lipinski definition) is 2. The maximum absolute atomic E-state index is 10.2. The summed E-state index contributed by atoms with van der Waals surface area (Å²) >= 11 is 0. The van der Waals surface area contributed by atoms with Gasteiger partial charge in [0.25, 0.3) is 0 Å². The molecule has 0 bridgehead atoms. The van der Waals surface area contributed by atoms with E-state index in [9.17, 15) is 4.79 Å². The van der Waals surface area contributed by atoms with Crippen molar-refractivity contribution in [1.82, 2.24) is 9.80 Å². The van der Waals surface area contributed by atoms with Gasteiger partial charge in [0.15, 0.2) is 0 Å². The standard InChI is InChI=1S/C8H17NO2.C6H10N2O/c1-3-4-5-6-9(2)7-8(10)11;9-5-1-3-8-4-2-7-6-8/h3-7H2,1-2H3,(H,10,11);1,5-6,9H,2-4H2. The van der Waals surface area contributed by atoms with Gasteiger partial charge in [-0.05, 0) is 26.1 Å². The van der Waals surface area contributed by atoms with Gasteiger partial charge in [-0.15, -0.1) is 0 Å². The van der Waals surface area contributed by atoms with Crippen LogP contribution in [-0.2, 0) is 4.79 Å². The number of nitrogens with zero attached hydrogens (tertiary/aromatic N) is 3. The minimum Gasteiger partial charge on any atom is -0.516 e. The van der Waals surface area contributed by atoms with Gasteiger partial charge in [0.05, 0.1) is 25.7 Å². The van der Waals surface area contributed by atoms with Gasteiger partial charge in [-0.1, -0.05) is 19.8 Å². The first kappa shape index (κ1) is 18.4. The third-order valence-electron chi connectivity index (χ3n) is 2.76. The minimum atomic E-state index is -0.746. The fourth-order valence-electron chi connectivity index (χ4n) is 1.68. The van der Waals surface area contributed by atoms with E-state index in [1.807, 2.05) is 16.8 Å². The molecule has 1 rings (SSSR count). The number of aliphatic carboxylic acids is 1. The van der Waals surface area contributed by atoms with Gasteiger partial charge in [-0.2, -0.15) is 0 Å². The second kappa shape index (κ2) is 12.5. The van der Waals surface area contributed by atoms with Gasteiger partial charge in [-0.25, -0.2) is 0 Å². The zero-order valence-corrected chi connectivity index (χ0v) is 12.5. The Balaban J connectivity index is 0.000000367. The molecule has 6 nitrogen and oxygen atoms in total. The van der Waals surface area contributed by atoms with Crippen LogP contribution in [0.15, 0.2) is 17.3 Å². The lowest BCUT2D eigenvalue weighted by Crippen LogP contribution is -2.26. The van der Waals surface area contributed by atoms with Crippen molar-refractivity contribution in [1.29, 1.82) is 0 Å². The van der Waals surface area contributed by atoms with Crippen molar-refractivity contribution in [3.63, 3.8) is 0 Å². The van der Waals surface area contributed by atoms with Gasteiger partial charge >= 0.3 is 5.97 Å². The molecule has 0 radical (unpaired) electrons. The van der Waals surface area contributed by atoms with Gasteiger partial charge in [0, 0.05) is 13.1 Å². The fourth-order valence-corrected chi connectivity index (χ4v) is 1.68. The molecule has 1 aliphatic heterocycles. The molecule has 0 fully saturated rings. The van der Waals surface area contributed by atoms with Crippen LogP contribution >= 0.6 is 0 Å². The Morgan fingerprint density at radius 3 is 2.75 bits per heavy atom. The second-order valence-electron chi connectivity index (χ2n) is 4.74. The quantitative estimate of drug-likeness (QED) is 0.523. The molecule has 6 heteroatoms. The lowest BCUT2D eigenvalue weighted by Gasteiger charge is -2.12. The van der Waals surface area contributed by atoms with Crippen LogP contribution in [0.25, 0.3) is 0 Å². The number of aliphatic hydroxyl groups excluding tert-OH is 1. The summed E-state index contributed by atoms with van der Waals surface area (Å²) in [6.45, 7) is 5.81. The van der Waals surface area contributed by atoms with Crippen molar-refractivity contribution >= 4 is 12.3 Å². The molecular formula is C14H27N3O3. The highest BCUT2D eigenvalue weighted by molar-refractivity contribution is 5.68. The molecule has 0 spiro atoms. The number of rotatable bonds is 8. The Bertz CT molecular complexity index is 306. The number of likely N-dealkylation sites (N-methyl/N-ethyl adjacent to an activating group) is 1. The second-order valence-corrected chi connectivity index (χ2v) is 4.74. The van der Waals surface area contributed by atoms with Crippen LogP contribution in [0.4, 0.5) is 0 Å². The van der Waals surface area contributed by atoms with Crippen molar-refractivity contribution in [2.75, 3.05) is 39.8 Å². The van der Waals surface area contributed by atoms with Crippen molar-refractivity contribution < 1.29 is 15.0 Å². The van der Waals surface area contributed by atoms with Crippen LogP contribution in [-0.4, -0.2) is 72.1 Å². The molecule has 0 saturated heterocycles. The third-order valence-corrected chi connectivity index (χ3v) is 2.76. The third kappa shape index (κ3) is 11.5. The summed E-state index contributed by atoms with van der Waals surface area (Å²) in [5.41, 5.74) is 0. The van der Waals surface area contributed by atoms with E-state index >= 15 is 0 Å². The van der Waals surface area contributed by atoms with Crippen LogP contribution < -0.4 is 0 Å². The zero-order valence-electron chi connectivity index (χ0n) is 12.5. The van der Waals surface area contributed by atoms with E-state index in [0.29, 0.717) is 0 Å². The van der Waals surface area contributed by atoms with E-state index in [4.69, 9.17) is 10.2 Å². The topological polar surface area (TPSA) is 76.4 Å². The first-order chi connectivity index (χ1) is 9.60. The fraction of sp³-hybridized carbons (Fsp3) is 0.714. The summed E-state index contributed by atoms with van der Waals surface area (Å²) < 4.78 is 0. The monoisotopic (exact) mass is 285 g/mol. The maximum Gasteiger partial charge on any atom is 0.317 e. The average molecular weight is 285 g/mol. The average Bonchev–Trinajstić information content (AvgIpc) is 2.89. The van der Waals surface area contributed by atoms with E-state index in [2.05, 4.69) is 11.9 Å². The highest BCUT2D eigenvalue weighted by Crippen LogP contribution is 1.95. The summed E-state index contributed by atoms with van der Waals surface area (Å²) in [6, 6.07) is 0. The van der Waals surface area contributed by atoms with E-state index in [-0.39, 0.29) is 6.54 Å². The predicted octanol–water partition coefficient (Wildman–Crippen LogP) is 1.60. The Kier molecular flexibility index (Phi) is 11.5. The first-order valence-corrected chi connectivity index (χ1v) is 7.03. The lowest BCUT2D eigenvalue weighted by atomic mass is 10.2. The molecule has 0 atom stereocenters.